The number of hydrogen-bond acceptors (Lipinski definition) is 6. The van der Waals surface area contributed by atoms with Crippen molar-refractivity contribution in [3.05, 3.63) is 103 Å². The van der Waals surface area contributed by atoms with Crippen LogP contribution in [0.1, 0.15) is 0 Å². The number of hydrogen-bond donors (Lipinski definition) is 1. The van der Waals surface area contributed by atoms with Gasteiger partial charge in [-0.2, -0.15) is 0 Å². The Hall–Kier alpha value is -4.33. The molecule has 1 N–H and O–H groups in total. The van der Waals surface area contributed by atoms with Gasteiger partial charge in [0.15, 0.2) is 0 Å². The van der Waals surface area contributed by atoms with Crippen LogP contribution < -0.4 is 14.4 Å². The number of aliphatic hydroxyl groups is 1. The lowest BCUT2D eigenvalue weighted by molar-refractivity contribution is 0.0663. The highest BCUT2D eigenvalue weighted by atomic mass is 16.5. The standard InChI is InChI=1S/C33H34N4O3/c1-39-28-13-9-25(10-14-28)30-6-2-3-7-32(30)36-20-18-35(19-21-36)22-27(38)24-40-29-15-11-26(12-16-29)31-23-37-17-5-4-8-33(37)34-31/h2-17,23,27,38H,18-22,24H2,1H3/t27-/m1/s1. The maximum absolute atomic E-state index is 10.7. The second-order valence-corrected chi connectivity index (χ2v) is 10.1. The number of pyridine rings is 1. The second kappa shape index (κ2) is 11.8. The summed E-state index contributed by atoms with van der Waals surface area (Å²) >= 11 is 0. The third-order valence-electron chi connectivity index (χ3n) is 7.44. The highest BCUT2D eigenvalue weighted by Crippen LogP contribution is 2.32. The molecule has 40 heavy (non-hydrogen) atoms. The van der Waals surface area contributed by atoms with Gasteiger partial charge in [-0.15, -0.1) is 0 Å². The van der Waals surface area contributed by atoms with Gasteiger partial charge in [0.2, 0.25) is 0 Å². The van der Waals surface area contributed by atoms with Gasteiger partial charge in [-0.1, -0.05) is 36.4 Å². The molecule has 1 fully saturated rings. The summed E-state index contributed by atoms with van der Waals surface area (Å²) in [5.41, 5.74) is 6.51. The number of aromatic nitrogens is 2. The largest absolute Gasteiger partial charge is 0.497 e. The lowest BCUT2D eigenvalue weighted by Gasteiger charge is -2.37. The SMILES string of the molecule is COc1ccc(-c2ccccc2N2CCN(C[C@@H](O)COc3ccc(-c4cn5ccccc5n4)cc3)CC2)cc1. The number of methoxy groups -OCH3 is 1. The van der Waals surface area contributed by atoms with Crippen LogP contribution in [0.25, 0.3) is 28.0 Å². The Bertz CT molecular complexity index is 1510. The van der Waals surface area contributed by atoms with E-state index in [-0.39, 0.29) is 6.61 Å². The van der Waals surface area contributed by atoms with Gasteiger partial charge in [-0.3, -0.25) is 4.90 Å². The van der Waals surface area contributed by atoms with E-state index in [1.807, 2.05) is 71.4 Å². The number of imidazole rings is 1. The normalized spacial score (nSPS) is 14.8. The van der Waals surface area contributed by atoms with E-state index in [1.165, 1.54) is 16.8 Å². The predicted molar refractivity (Wildman–Crippen MR) is 159 cm³/mol. The van der Waals surface area contributed by atoms with Crippen LogP contribution in [0.4, 0.5) is 5.69 Å². The maximum atomic E-state index is 10.7. The van der Waals surface area contributed by atoms with E-state index >= 15 is 0 Å². The van der Waals surface area contributed by atoms with Crippen LogP contribution in [-0.2, 0) is 0 Å². The smallest absolute Gasteiger partial charge is 0.137 e. The highest BCUT2D eigenvalue weighted by Gasteiger charge is 2.21. The van der Waals surface area contributed by atoms with Gasteiger partial charge in [-0.25, -0.2) is 4.98 Å². The summed E-state index contributed by atoms with van der Waals surface area (Å²) in [4.78, 5) is 9.42. The number of para-hydroxylation sites is 1. The summed E-state index contributed by atoms with van der Waals surface area (Å²) in [6, 6.07) is 30.6. The zero-order valence-corrected chi connectivity index (χ0v) is 22.7. The molecule has 0 bridgehead atoms. The van der Waals surface area contributed by atoms with Crippen LogP contribution in [0.5, 0.6) is 11.5 Å². The first-order valence-electron chi connectivity index (χ1n) is 13.7. The Morgan fingerprint density at radius 3 is 2.25 bits per heavy atom. The molecule has 1 aliphatic rings. The first-order valence-corrected chi connectivity index (χ1v) is 13.7. The zero-order chi connectivity index (χ0) is 27.3. The molecule has 7 heteroatoms. The fraction of sp³-hybridized carbons (Fsp3) is 0.242. The minimum atomic E-state index is -0.559. The summed E-state index contributed by atoms with van der Waals surface area (Å²) in [6.45, 7) is 4.45. The van der Waals surface area contributed by atoms with Crippen molar-refractivity contribution in [2.75, 3.05) is 51.3 Å². The number of aliphatic hydroxyl groups excluding tert-OH is 1. The Labute approximate surface area is 234 Å². The van der Waals surface area contributed by atoms with Crippen molar-refractivity contribution in [1.82, 2.24) is 14.3 Å². The van der Waals surface area contributed by atoms with Gasteiger partial charge in [0.25, 0.3) is 0 Å². The van der Waals surface area contributed by atoms with Crippen molar-refractivity contribution >= 4 is 11.3 Å². The Kier molecular flexibility index (Phi) is 7.66. The fourth-order valence-corrected chi connectivity index (χ4v) is 5.27. The topological polar surface area (TPSA) is 62.5 Å². The average Bonchev–Trinajstić information content (AvgIpc) is 3.45. The minimum Gasteiger partial charge on any atom is -0.497 e. The first kappa shape index (κ1) is 25.9. The Morgan fingerprint density at radius 1 is 0.800 bits per heavy atom. The van der Waals surface area contributed by atoms with Crippen LogP contribution in [-0.4, -0.2) is 71.9 Å². The molecule has 1 aliphatic heterocycles. The molecule has 0 saturated carbocycles. The number of fused-ring (bicyclic) bond motifs is 1. The molecule has 0 amide bonds. The maximum Gasteiger partial charge on any atom is 0.137 e. The van der Waals surface area contributed by atoms with Gasteiger partial charge in [-0.05, 0) is 60.2 Å². The molecule has 3 heterocycles. The molecule has 6 rings (SSSR count). The Morgan fingerprint density at radius 2 is 1.50 bits per heavy atom. The number of piperazine rings is 1. The van der Waals surface area contributed by atoms with Gasteiger partial charge in [0.05, 0.1) is 12.8 Å². The average molecular weight is 535 g/mol. The number of β-amino-alcohol motifs (C(OH)–C–C–N with tert-alkyl or cyclic N) is 1. The molecule has 0 radical (unpaired) electrons. The fourth-order valence-electron chi connectivity index (χ4n) is 5.27. The van der Waals surface area contributed by atoms with E-state index in [0.29, 0.717) is 6.54 Å². The van der Waals surface area contributed by atoms with Gasteiger partial charge in [0.1, 0.15) is 29.9 Å². The van der Waals surface area contributed by atoms with Crippen LogP contribution in [0.15, 0.2) is 103 Å². The van der Waals surface area contributed by atoms with Crippen LogP contribution in [0.2, 0.25) is 0 Å². The zero-order valence-electron chi connectivity index (χ0n) is 22.7. The lowest BCUT2D eigenvalue weighted by Crippen LogP contribution is -2.49. The van der Waals surface area contributed by atoms with Crippen molar-refractivity contribution in [3.63, 3.8) is 0 Å². The quantitative estimate of drug-likeness (QED) is 0.279. The highest BCUT2D eigenvalue weighted by molar-refractivity contribution is 5.79. The van der Waals surface area contributed by atoms with Crippen LogP contribution >= 0.6 is 0 Å². The number of ether oxygens (including phenoxy) is 2. The number of nitrogens with zero attached hydrogens (tertiary/aromatic N) is 4. The molecule has 2 aromatic heterocycles. The first-order chi connectivity index (χ1) is 19.7. The summed E-state index contributed by atoms with van der Waals surface area (Å²) < 4.78 is 13.2. The molecule has 5 aromatic rings. The molecule has 0 aliphatic carbocycles. The van der Waals surface area contributed by atoms with Gasteiger partial charge >= 0.3 is 0 Å². The van der Waals surface area contributed by atoms with Crippen molar-refractivity contribution < 1.29 is 14.6 Å². The van der Waals surface area contributed by atoms with Crippen molar-refractivity contribution in [2.45, 2.75) is 6.10 Å². The predicted octanol–water partition coefficient (Wildman–Crippen LogP) is 5.24. The van der Waals surface area contributed by atoms with E-state index in [2.05, 4.69) is 51.2 Å². The number of benzene rings is 3. The summed E-state index contributed by atoms with van der Waals surface area (Å²) in [7, 11) is 1.69. The summed E-state index contributed by atoms with van der Waals surface area (Å²) in [5.74, 6) is 1.60. The monoisotopic (exact) mass is 534 g/mol. The molecule has 1 atom stereocenters. The molecule has 0 unspecified atom stereocenters. The van der Waals surface area contributed by atoms with Crippen LogP contribution in [0, 0.1) is 0 Å². The van der Waals surface area contributed by atoms with Crippen molar-refractivity contribution in [2.24, 2.45) is 0 Å². The van der Waals surface area contributed by atoms with Crippen molar-refractivity contribution in [3.8, 4) is 33.9 Å². The van der Waals surface area contributed by atoms with Gasteiger partial charge < -0.3 is 23.9 Å². The number of rotatable bonds is 9. The second-order valence-electron chi connectivity index (χ2n) is 10.1. The molecular weight excluding hydrogens is 500 g/mol. The van der Waals surface area contributed by atoms with Crippen molar-refractivity contribution in [1.29, 1.82) is 0 Å². The molecule has 204 valence electrons. The van der Waals surface area contributed by atoms with E-state index in [1.54, 1.807) is 7.11 Å². The Balaban J connectivity index is 0.996. The minimum absolute atomic E-state index is 0.258. The third-order valence-corrected chi connectivity index (χ3v) is 7.44. The molecule has 1 saturated heterocycles. The molecular formula is C33H34N4O3. The van der Waals surface area contributed by atoms with E-state index in [9.17, 15) is 5.11 Å². The number of anilines is 1. The van der Waals surface area contributed by atoms with E-state index in [0.717, 1.165) is 54.6 Å². The summed E-state index contributed by atoms with van der Waals surface area (Å²) in [6.07, 6.45) is 3.45. The molecule has 7 nitrogen and oxygen atoms in total. The third kappa shape index (κ3) is 5.81. The summed E-state index contributed by atoms with van der Waals surface area (Å²) in [5, 5.41) is 10.7. The van der Waals surface area contributed by atoms with E-state index in [4.69, 9.17) is 9.47 Å². The molecule has 3 aromatic carbocycles. The lowest BCUT2D eigenvalue weighted by atomic mass is 10.0. The molecule has 0 spiro atoms. The van der Waals surface area contributed by atoms with Gasteiger partial charge in [0, 0.05) is 61.9 Å². The van der Waals surface area contributed by atoms with Crippen LogP contribution in [0.3, 0.4) is 0 Å². The van der Waals surface area contributed by atoms with E-state index < -0.39 is 6.10 Å².